The Hall–Kier alpha value is -1.88. The number of benzene rings is 1. The molecule has 0 radical (unpaired) electrons. The van der Waals surface area contributed by atoms with Crippen LogP contribution in [-0.2, 0) is 4.74 Å². The van der Waals surface area contributed by atoms with E-state index in [-0.39, 0.29) is 5.91 Å². The van der Waals surface area contributed by atoms with E-state index in [0.717, 1.165) is 23.7 Å². The third kappa shape index (κ3) is 3.42. The van der Waals surface area contributed by atoms with Crippen LogP contribution in [0.2, 0.25) is 0 Å². The van der Waals surface area contributed by atoms with Gasteiger partial charge >= 0.3 is 0 Å². The number of nitrogens with zero attached hydrogens (tertiary/aromatic N) is 1. The molecule has 0 saturated heterocycles. The van der Waals surface area contributed by atoms with Crippen molar-refractivity contribution in [2.24, 2.45) is 0 Å². The van der Waals surface area contributed by atoms with Gasteiger partial charge in [0.25, 0.3) is 5.91 Å². The standard InChI is InChI=1S/C16H21N3O2/c20-16(15-13-8-4-5-9-14(13)18-19-15)17-10-11-21-12-6-2-1-3-7-12/h4-5,8-9,12H,1-3,6-7,10-11H2,(H,17,20)(H,18,19). The van der Waals surface area contributed by atoms with Gasteiger partial charge in [-0.25, -0.2) is 0 Å². The monoisotopic (exact) mass is 287 g/mol. The summed E-state index contributed by atoms with van der Waals surface area (Å²) in [5, 5.41) is 10.7. The summed E-state index contributed by atoms with van der Waals surface area (Å²) in [4.78, 5) is 12.1. The Morgan fingerprint density at radius 1 is 1.29 bits per heavy atom. The Balaban J connectivity index is 1.48. The first-order chi connectivity index (χ1) is 10.3. The molecular weight excluding hydrogens is 266 g/mol. The summed E-state index contributed by atoms with van der Waals surface area (Å²) in [6.07, 6.45) is 6.52. The second-order valence-corrected chi connectivity index (χ2v) is 5.50. The van der Waals surface area contributed by atoms with Crippen molar-refractivity contribution in [3.63, 3.8) is 0 Å². The molecule has 3 rings (SSSR count). The van der Waals surface area contributed by atoms with E-state index in [9.17, 15) is 4.79 Å². The minimum Gasteiger partial charge on any atom is -0.376 e. The van der Waals surface area contributed by atoms with Gasteiger partial charge in [0, 0.05) is 11.9 Å². The average molecular weight is 287 g/mol. The molecule has 5 heteroatoms. The number of fused-ring (bicyclic) bond motifs is 1. The van der Waals surface area contributed by atoms with E-state index in [2.05, 4.69) is 15.5 Å². The fourth-order valence-corrected chi connectivity index (χ4v) is 2.84. The van der Waals surface area contributed by atoms with E-state index in [1.165, 1.54) is 19.3 Å². The smallest absolute Gasteiger partial charge is 0.272 e. The number of carbonyl (C=O) groups is 1. The molecule has 0 unspecified atom stereocenters. The van der Waals surface area contributed by atoms with Crippen LogP contribution in [0.5, 0.6) is 0 Å². The first-order valence-corrected chi connectivity index (χ1v) is 7.67. The van der Waals surface area contributed by atoms with Crippen LogP contribution >= 0.6 is 0 Å². The minimum atomic E-state index is -0.153. The van der Waals surface area contributed by atoms with Gasteiger partial charge in [0.1, 0.15) is 0 Å². The highest BCUT2D eigenvalue weighted by Gasteiger charge is 2.15. The number of ether oxygens (including phenoxy) is 1. The van der Waals surface area contributed by atoms with Crippen molar-refractivity contribution in [1.82, 2.24) is 15.5 Å². The van der Waals surface area contributed by atoms with Crippen LogP contribution in [0.25, 0.3) is 10.9 Å². The predicted octanol–water partition coefficient (Wildman–Crippen LogP) is 2.64. The van der Waals surface area contributed by atoms with Crippen LogP contribution in [0.4, 0.5) is 0 Å². The Morgan fingerprint density at radius 2 is 2.10 bits per heavy atom. The van der Waals surface area contributed by atoms with Gasteiger partial charge in [0.05, 0.1) is 18.2 Å². The maximum Gasteiger partial charge on any atom is 0.272 e. The molecule has 1 amide bonds. The number of aromatic nitrogens is 2. The maximum atomic E-state index is 12.1. The first kappa shape index (κ1) is 14.1. The largest absolute Gasteiger partial charge is 0.376 e. The highest BCUT2D eigenvalue weighted by atomic mass is 16.5. The van der Waals surface area contributed by atoms with Crippen LogP contribution in [0.3, 0.4) is 0 Å². The Morgan fingerprint density at radius 3 is 2.95 bits per heavy atom. The zero-order valence-corrected chi connectivity index (χ0v) is 12.1. The second-order valence-electron chi connectivity index (χ2n) is 5.50. The first-order valence-electron chi connectivity index (χ1n) is 7.67. The molecule has 1 aromatic carbocycles. The quantitative estimate of drug-likeness (QED) is 0.831. The van der Waals surface area contributed by atoms with Gasteiger partial charge in [-0.15, -0.1) is 0 Å². The van der Waals surface area contributed by atoms with E-state index in [1.807, 2.05) is 24.3 Å². The number of aromatic amines is 1. The third-order valence-corrected chi connectivity index (χ3v) is 3.98. The lowest BCUT2D eigenvalue weighted by Crippen LogP contribution is -2.29. The molecule has 2 N–H and O–H groups in total. The summed E-state index contributed by atoms with van der Waals surface area (Å²) >= 11 is 0. The predicted molar refractivity (Wildman–Crippen MR) is 81.3 cm³/mol. The Kier molecular flexibility index (Phi) is 4.50. The van der Waals surface area contributed by atoms with E-state index in [1.54, 1.807) is 0 Å². The van der Waals surface area contributed by atoms with Crippen LogP contribution < -0.4 is 5.32 Å². The van der Waals surface area contributed by atoms with Crippen molar-refractivity contribution < 1.29 is 9.53 Å². The molecule has 1 fully saturated rings. The van der Waals surface area contributed by atoms with E-state index in [0.29, 0.717) is 24.9 Å². The topological polar surface area (TPSA) is 67.0 Å². The van der Waals surface area contributed by atoms with Gasteiger partial charge in [0.2, 0.25) is 0 Å². The number of H-pyrrole nitrogens is 1. The number of nitrogens with one attached hydrogen (secondary N) is 2. The van der Waals surface area contributed by atoms with Crippen molar-refractivity contribution in [3.8, 4) is 0 Å². The van der Waals surface area contributed by atoms with Gasteiger partial charge in [0.15, 0.2) is 5.69 Å². The number of para-hydroxylation sites is 1. The molecule has 112 valence electrons. The average Bonchev–Trinajstić information content (AvgIpc) is 2.96. The Labute approximate surface area is 124 Å². The molecule has 1 aliphatic rings. The fourth-order valence-electron chi connectivity index (χ4n) is 2.84. The van der Waals surface area contributed by atoms with Crippen LogP contribution in [0, 0.1) is 0 Å². The van der Waals surface area contributed by atoms with E-state index in [4.69, 9.17) is 4.74 Å². The lowest BCUT2D eigenvalue weighted by molar-refractivity contribution is 0.0299. The summed E-state index contributed by atoms with van der Waals surface area (Å²) < 4.78 is 5.80. The summed E-state index contributed by atoms with van der Waals surface area (Å²) in [5.41, 5.74) is 1.32. The lowest BCUT2D eigenvalue weighted by Gasteiger charge is -2.21. The molecule has 2 aromatic rings. The molecule has 1 aromatic heterocycles. The molecule has 0 spiro atoms. The minimum absolute atomic E-state index is 0.153. The van der Waals surface area contributed by atoms with Gasteiger partial charge in [-0.1, -0.05) is 37.5 Å². The summed E-state index contributed by atoms with van der Waals surface area (Å²) in [5.74, 6) is -0.153. The van der Waals surface area contributed by atoms with Gasteiger partial charge < -0.3 is 10.1 Å². The van der Waals surface area contributed by atoms with Gasteiger partial charge in [-0.3, -0.25) is 9.89 Å². The molecule has 0 aliphatic heterocycles. The summed E-state index contributed by atoms with van der Waals surface area (Å²) in [6, 6.07) is 7.62. The van der Waals surface area contributed by atoms with Crippen LogP contribution in [0.15, 0.2) is 24.3 Å². The normalized spacial score (nSPS) is 16.2. The van der Waals surface area contributed by atoms with Crippen LogP contribution in [0.1, 0.15) is 42.6 Å². The Bertz CT molecular complexity index is 602. The highest BCUT2D eigenvalue weighted by molar-refractivity contribution is 6.04. The molecule has 1 aliphatic carbocycles. The van der Waals surface area contributed by atoms with Crippen molar-refractivity contribution in [1.29, 1.82) is 0 Å². The van der Waals surface area contributed by atoms with Crippen molar-refractivity contribution in [2.75, 3.05) is 13.2 Å². The number of rotatable bonds is 5. The second kappa shape index (κ2) is 6.72. The number of hydrogen-bond acceptors (Lipinski definition) is 3. The molecule has 0 atom stereocenters. The number of hydrogen-bond donors (Lipinski definition) is 2. The van der Waals surface area contributed by atoms with Crippen molar-refractivity contribution in [3.05, 3.63) is 30.0 Å². The van der Waals surface area contributed by atoms with Crippen molar-refractivity contribution >= 4 is 16.8 Å². The summed E-state index contributed by atoms with van der Waals surface area (Å²) in [6.45, 7) is 1.09. The van der Waals surface area contributed by atoms with Crippen molar-refractivity contribution in [2.45, 2.75) is 38.2 Å². The SMILES string of the molecule is O=C(NCCOC1CCCCC1)c1n[nH]c2ccccc12. The van der Waals surface area contributed by atoms with Gasteiger partial charge in [-0.2, -0.15) is 5.10 Å². The molecular formula is C16H21N3O2. The third-order valence-electron chi connectivity index (χ3n) is 3.98. The number of carbonyl (C=O) groups excluding carboxylic acids is 1. The van der Waals surface area contributed by atoms with E-state index < -0.39 is 0 Å². The van der Waals surface area contributed by atoms with Crippen LogP contribution in [-0.4, -0.2) is 35.4 Å². The fraction of sp³-hybridized carbons (Fsp3) is 0.500. The lowest BCUT2D eigenvalue weighted by atomic mass is 9.98. The zero-order chi connectivity index (χ0) is 14.5. The van der Waals surface area contributed by atoms with E-state index >= 15 is 0 Å². The molecule has 0 bridgehead atoms. The zero-order valence-electron chi connectivity index (χ0n) is 12.1. The molecule has 1 heterocycles. The van der Waals surface area contributed by atoms with Gasteiger partial charge in [-0.05, 0) is 18.9 Å². The highest BCUT2D eigenvalue weighted by Crippen LogP contribution is 2.20. The molecule has 1 saturated carbocycles. The molecule has 21 heavy (non-hydrogen) atoms. The molecule has 5 nitrogen and oxygen atoms in total. The summed E-state index contributed by atoms with van der Waals surface area (Å²) in [7, 11) is 0. The number of amides is 1. The maximum absolute atomic E-state index is 12.1.